The third-order valence-corrected chi connectivity index (χ3v) is 4.19. The minimum atomic E-state index is 0.157. The first-order valence-electron chi connectivity index (χ1n) is 7.70. The van der Waals surface area contributed by atoms with Gasteiger partial charge in [0.15, 0.2) is 12.3 Å². The molecule has 3 atom stereocenters. The molecule has 1 aliphatic rings. The Bertz CT molecular complexity index is 441. The van der Waals surface area contributed by atoms with Gasteiger partial charge < -0.3 is 14.6 Å². The van der Waals surface area contributed by atoms with E-state index in [0.717, 1.165) is 29.4 Å². The average Bonchev–Trinajstić information content (AvgIpc) is 2.77. The zero-order valence-corrected chi connectivity index (χ0v) is 12.9. The molecule has 1 aliphatic carbocycles. The van der Waals surface area contributed by atoms with Crippen LogP contribution in [0.25, 0.3) is 0 Å². The lowest BCUT2D eigenvalue weighted by molar-refractivity contribution is -0.886. The first kappa shape index (κ1) is 15.1. The normalized spacial score (nSPS) is 24.4. The molecule has 1 aromatic heterocycles. The summed E-state index contributed by atoms with van der Waals surface area (Å²) >= 11 is 0. The van der Waals surface area contributed by atoms with Crippen LogP contribution in [0.3, 0.4) is 0 Å². The van der Waals surface area contributed by atoms with Gasteiger partial charge in [0.25, 0.3) is 5.91 Å². The van der Waals surface area contributed by atoms with Gasteiger partial charge in [-0.3, -0.25) is 4.79 Å². The van der Waals surface area contributed by atoms with Crippen molar-refractivity contribution >= 4 is 5.91 Å². The molecule has 0 spiro atoms. The quantitative estimate of drug-likeness (QED) is 0.853. The van der Waals surface area contributed by atoms with Crippen LogP contribution in [0.4, 0.5) is 0 Å². The van der Waals surface area contributed by atoms with Gasteiger partial charge >= 0.3 is 0 Å². The van der Waals surface area contributed by atoms with Gasteiger partial charge in [0, 0.05) is 6.04 Å². The summed E-state index contributed by atoms with van der Waals surface area (Å²) in [6.45, 7) is 5.44. The predicted molar refractivity (Wildman–Crippen MR) is 78.5 cm³/mol. The Morgan fingerprint density at radius 3 is 2.80 bits per heavy atom. The van der Waals surface area contributed by atoms with E-state index in [9.17, 15) is 4.79 Å². The molecule has 2 rings (SSSR count). The van der Waals surface area contributed by atoms with Crippen molar-refractivity contribution in [2.24, 2.45) is 5.92 Å². The van der Waals surface area contributed by atoms with Crippen molar-refractivity contribution in [2.75, 3.05) is 13.6 Å². The Morgan fingerprint density at radius 2 is 2.15 bits per heavy atom. The molecule has 0 aromatic carbocycles. The van der Waals surface area contributed by atoms with E-state index in [1.807, 2.05) is 26.1 Å². The van der Waals surface area contributed by atoms with Crippen molar-refractivity contribution in [2.45, 2.75) is 52.1 Å². The molecule has 4 heteroatoms. The second kappa shape index (κ2) is 6.93. The lowest BCUT2D eigenvalue weighted by atomic mass is 9.86. The van der Waals surface area contributed by atoms with E-state index in [1.165, 1.54) is 19.3 Å². The molecule has 1 unspecified atom stereocenters. The van der Waals surface area contributed by atoms with Crippen LogP contribution in [0.1, 0.15) is 44.1 Å². The number of hydrogen-bond donors (Lipinski definition) is 2. The van der Waals surface area contributed by atoms with Crippen molar-refractivity contribution < 1.29 is 14.1 Å². The van der Waals surface area contributed by atoms with E-state index in [0.29, 0.717) is 18.5 Å². The van der Waals surface area contributed by atoms with Gasteiger partial charge in [0.2, 0.25) is 0 Å². The minimum absolute atomic E-state index is 0.157. The van der Waals surface area contributed by atoms with Crippen molar-refractivity contribution in [3.05, 3.63) is 23.7 Å². The van der Waals surface area contributed by atoms with Crippen molar-refractivity contribution in [3.63, 3.8) is 0 Å². The van der Waals surface area contributed by atoms with Crippen molar-refractivity contribution in [1.82, 2.24) is 5.32 Å². The summed E-state index contributed by atoms with van der Waals surface area (Å²) in [6, 6.07) is 4.32. The van der Waals surface area contributed by atoms with E-state index in [4.69, 9.17) is 4.42 Å². The predicted octanol–water partition coefficient (Wildman–Crippen LogP) is 1.30. The van der Waals surface area contributed by atoms with E-state index in [1.54, 1.807) is 0 Å². The van der Waals surface area contributed by atoms with Crippen LogP contribution in [0.2, 0.25) is 0 Å². The molecule has 4 nitrogen and oxygen atoms in total. The molecular weight excluding hydrogens is 252 g/mol. The number of furan rings is 1. The molecule has 1 aromatic rings. The lowest BCUT2D eigenvalue weighted by Gasteiger charge is -2.29. The molecule has 1 heterocycles. The molecule has 112 valence electrons. The number of rotatable bonds is 5. The van der Waals surface area contributed by atoms with Gasteiger partial charge in [0.05, 0.1) is 7.05 Å². The third kappa shape index (κ3) is 4.37. The molecule has 0 saturated heterocycles. The molecule has 20 heavy (non-hydrogen) atoms. The Labute approximate surface area is 121 Å². The fourth-order valence-corrected chi connectivity index (χ4v) is 3.00. The topological polar surface area (TPSA) is 46.7 Å². The molecule has 0 bridgehead atoms. The van der Waals surface area contributed by atoms with E-state index in [-0.39, 0.29) is 5.91 Å². The maximum absolute atomic E-state index is 12.1. The number of nitrogens with one attached hydrogen (secondary N) is 2. The zero-order chi connectivity index (χ0) is 14.5. The third-order valence-electron chi connectivity index (χ3n) is 4.19. The van der Waals surface area contributed by atoms with Crippen LogP contribution in [-0.2, 0) is 11.3 Å². The lowest BCUT2D eigenvalue weighted by Crippen LogP contribution is -3.09. The number of hydrogen-bond acceptors (Lipinski definition) is 2. The van der Waals surface area contributed by atoms with E-state index in [2.05, 4.69) is 12.2 Å². The molecular formula is C16H27N2O2+. The number of likely N-dealkylation sites (N-methyl/N-ethyl adjacent to an activating group) is 1. The van der Waals surface area contributed by atoms with Gasteiger partial charge in [-0.25, -0.2) is 0 Å². The highest BCUT2D eigenvalue weighted by atomic mass is 16.3. The van der Waals surface area contributed by atoms with Crippen LogP contribution in [0.5, 0.6) is 0 Å². The van der Waals surface area contributed by atoms with E-state index >= 15 is 0 Å². The molecule has 2 N–H and O–H groups in total. The fourth-order valence-electron chi connectivity index (χ4n) is 3.00. The highest BCUT2D eigenvalue weighted by Gasteiger charge is 2.23. The van der Waals surface area contributed by atoms with Crippen molar-refractivity contribution in [1.29, 1.82) is 0 Å². The second-order valence-electron chi connectivity index (χ2n) is 6.26. The summed E-state index contributed by atoms with van der Waals surface area (Å²) < 4.78 is 5.55. The molecule has 0 aliphatic heterocycles. The van der Waals surface area contributed by atoms with Gasteiger partial charge in [-0.2, -0.15) is 0 Å². The first-order chi connectivity index (χ1) is 9.54. The highest BCUT2D eigenvalue weighted by molar-refractivity contribution is 5.77. The van der Waals surface area contributed by atoms with Gasteiger partial charge in [-0.1, -0.05) is 19.8 Å². The average molecular weight is 279 g/mol. The highest BCUT2D eigenvalue weighted by Crippen LogP contribution is 2.23. The number of amides is 1. The van der Waals surface area contributed by atoms with Crippen LogP contribution < -0.4 is 10.2 Å². The molecule has 0 radical (unpaired) electrons. The van der Waals surface area contributed by atoms with Crippen molar-refractivity contribution in [3.8, 4) is 0 Å². The summed E-state index contributed by atoms with van der Waals surface area (Å²) in [5, 5.41) is 3.20. The Balaban J connectivity index is 1.75. The SMILES string of the molecule is Cc1ccc(C[NH+](C)CC(=O)N[C@H]2CCCC[C@@H]2C)o1. The van der Waals surface area contributed by atoms with Gasteiger partial charge in [0.1, 0.15) is 12.3 Å². The number of carbonyl (C=O) groups is 1. The fraction of sp³-hybridized carbons (Fsp3) is 0.688. The number of carbonyl (C=O) groups excluding carboxylic acids is 1. The molecule has 1 fully saturated rings. The van der Waals surface area contributed by atoms with Crippen LogP contribution in [0, 0.1) is 12.8 Å². The Hall–Kier alpha value is -1.29. The molecule has 1 amide bonds. The maximum Gasteiger partial charge on any atom is 0.275 e. The van der Waals surface area contributed by atoms with Crippen LogP contribution in [-0.4, -0.2) is 25.5 Å². The second-order valence-corrected chi connectivity index (χ2v) is 6.26. The monoisotopic (exact) mass is 279 g/mol. The smallest absolute Gasteiger partial charge is 0.275 e. The summed E-state index contributed by atoms with van der Waals surface area (Å²) in [6.07, 6.45) is 4.91. The van der Waals surface area contributed by atoms with Gasteiger partial charge in [-0.05, 0) is 37.8 Å². The maximum atomic E-state index is 12.1. The first-order valence-corrected chi connectivity index (χ1v) is 7.70. The van der Waals surface area contributed by atoms with E-state index < -0.39 is 0 Å². The Morgan fingerprint density at radius 1 is 1.40 bits per heavy atom. The Kier molecular flexibility index (Phi) is 5.24. The molecule has 1 saturated carbocycles. The zero-order valence-electron chi connectivity index (χ0n) is 12.9. The summed E-state index contributed by atoms with van der Waals surface area (Å²) in [5.41, 5.74) is 0. The standard InChI is InChI=1S/C16H26N2O2/c1-12-6-4-5-7-15(12)17-16(19)11-18(3)10-14-9-8-13(2)20-14/h8-9,12,15H,4-7,10-11H2,1-3H3,(H,17,19)/p+1/t12-,15-/m0/s1. The summed E-state index contributed by atoms with van der Waals surface area (Å²) in [5.74, 6) is 2.64. The van der Waals surface area contributed by atoms with Gasteiger partial charge in [-0.15, -0.1) is 0 Å². The van der Waals surface area contributed by atoms with Crippen LogP contribution >= 0.6 is 0 Å². The minimum Gasteiger partial charge on any atom is -0.460 e. The summed E-state index contributed by atoms with van der Waals surface area (Å²) in [4.78, 5) is 13.3. The number of aryl methyl sites for hydroxylation is 1. The summed E-state index contributed by atoms with van der Waals surface area (Å²) in [7, 11) is 2.03. The number of quaternary nitrogens is 1. The largest absolute Gasteiger partial charge is 0.460 e. The van der Waals surface area contributed by atoms with Crippen LogP contribution in [0.15, 0.2) is 16.5 Å².